The van der Waals surface area contributed by atoms with E-state index in [1.165, 1.54) is 12.8 Å². The van der Waals surface area contributed by atoms with E-state index in [9.17, 15) is 4.79 Å². The van der Waals surface area contributed by atoms with Crippen LogP contribution in [0.25, 0.3) is 0 Å². The zero-order valence-corrected chi connectivity index (χ0v) is 13.4. The number of piperidine rings is 1. The van der Waals surface area contributed by atoms with E-state index in [2.05, 4.69) is 23.6 Å². The number of nitrogens with two attached hydrogens (primary N) is 1. The molecule has 1 aliphatic rings. The van der Waals surface area contributed by atoms with Crippen molar-refractivity contribution in [2.24, 2.45) is 11.7 Å². The summed E-state index contributed by atoms with van der Waals surface area (Å²) in [5.74, 6) is 0.890. The van der Waals surface area contributed by atoms with Gasteiger partial charge >= 0.3 is 0 Å². The van der Waals surface area contributed by atoms with Crippen LogP contribution >= 0.6 is 0 Å². The summed E-state index contributed by atoms with van der Waals surface area (Å²) in [6.45, 7) is 9.59. The summed E-state index contributed by atoms with van der Waals surface area (Å²) in [6, 6.07) is 0. The van der Waals surface area contributed by atoms with E-state index in [4.69, 9.17) is 5.73 Å². The molecule has 1 heterocycles. The van der Waals surface area contributed by atoms with Gasteiger partial charge in [0.15, 0.2) is 0 Å². The van der Waals surface area contributed by atoms with Gasteiger partial charge in [0.05, 0.1) is 6.54 Å². The maximum atomic E-state index is 12.5. The Kier molecular flexibility index (Phi) is 8.86. The highest BCUT2D eigenvalue weighted by Gasteiger charge is 2.22. The van der Waals surface area contributed by atoms with Crippen molar-refractivity contribution in [3.05, 3.63) is 0 Å². The average Bonchev–Trinajstić information content (AvgIpc) is 2.47. The van der Waals surface area contributed by atoms with Crippen molar-refractivity contribution in [3.8, 4) is 0 Å². The number of unbranched alkanes of at least 4 members (excludes halogenated alkanes) is 2. The van der Waals surface area contributed by atoms with Gasteiger partial charge in [-0.2, -0.15) is 0 Å². The Hall–Kier alpha value is -0.610. The van der Waals surface area contributed by atoms with Crippen LogP contribution in [0.1, 0.15) is 52.4 Å². The van der Waals surface area contributed by atoms with Crippen LogP contribution in [0.3, 0.4) is 0 Å². The van der Waals surface area contributed by atoms with E-state index in [-0.39, 0.29) is 0 Å². The number of amides is 1. The molecule has 0 aromatic carbocycles. The third-order valence-electron chi connectivity index (χ3n) is 4.21. The fourth-order valence-corrected chi connectivity index (χ4v) is 2.84. The molecule has 118 valence electrons. The Morgan fingerprint density at radius 1 is 1.25 bits per heavy atom. The van der Waals surface area contributed by atoms with Crippen LogP contribution in [-0.2, 0) is 4.79 Å². The van der Waals surface area contributed by atoms with E-state index < -0.39 is 0 Å². The van der Waals surface area contributed by atoms with Gasteiger partial charge < -0.3 is 10.6 Å². The summed E-state index contributed by atoms with van der Waals surface area (Å²) < 4.78 is 0. The Morgan fingerprint density at radius 3 is 2.45 bits per heavy atom. The first-order valence-corrected chi connectivity index (χ1v) is 8.41. The monoisotopic (exact) mass is 283 g/mol. The fourth-order valence-electron chi connectivity index (χ4n) is 2.84. The molecular weight excluding hydrogens is 250 g/mol. The molecule has 0 aromatic heterocycles. The van der Waals surface area contributed by atoms with E-state index in [1.54, 1.807) is 0 Å². The molecule has 2 N–H and O–H groups in total. The second-order valence-electron chi connectivity index (χ2n) is 6.07. The van der Waals surface area contributed by atoms with Crippen molar-refractivity contribution in [3.63, 3.8) is 0 Å². The van der Waals surface area contributed by atoms with Crippen molar-refractivity contribution in [1.29, 1.82) is 0 Å². The number of rotatable bonds is 9. The minimum atomic E-state index is 0.310. The maximum absolute atomic E-state index is 12.5. The fraction of sp³-hybridized carbons (Fsp3) is 0.938. The third kappa shape index (κ3) is 6.23. The molecule has 1 aliphatic heterocycles. The third-order valence-corrected chi connectivity index (χ3v) is 4.21. The Bertz CT molecular complexity index is 262. The Morgan fingerprint density at radius 2 is 1.90 bits per heavy atom. The minimum absolute atomic E-state index is 0.310. The van der Waals surface area contributed by atoms with Gasteiger partial charge in [-0.05, 0) is 44.7 Å². The molecule has 0 aromatic rings. The average molecular weight is 283 g/mol. The van der Waals surface area contributed by atoms with Crippen molar-refractivity contribution in [2.75, 3.05) is 39.3 Å². The number of hydrogen-bond acceptors (Lipinski definition) is 3. The topological polar surface area (TPSA) is 49.6 Å². The van der Waals surface area contributed by atoms with Gasteiger partial charge in [-0.3, -0.25) is 9.69 Å². The van der Waals surface area contributed by atoms with Gasteiger partial charge in [0.1, 0.15) is 0 Å². The van der Waals surface area contributed by atoms with Crippen LogP contribution in [0.15, 0.2) is 0 Å². The summed E-state index contributed by atoms with van der Waals surface area (Å²) >= 11 is 0. The lowest BCUT2D eigenvalue weighted by Gasteiger charge is -2.33. The number of hydrogen-bond donors (Lipinski definition) is 1. The van der Waals surface area contributed by atoms with Gasteiger partial charge in [-0.25, -0.2) is 0 Å². The molecule has 0 spiro atoms. The van der Waals surface area contributed by atoms with Crippen LogP contribution in [-0.4, -0.2) is 55.0 Å². The summed E-state index contributed by atoms with van der Waals surface area (Å²) in [7, 11) is 0. The van der Waals surface area contributed by atoms with Gasteiger partial charge in [0.2, 0.25) is 5.91 Å². The lowest BCUT2D eigenvalue weighted by atomic mass is 9.98. The Labute approximate surface area is 124 Å². The van der Waals surface area contributed by atoms with Crippen LogP contribution in [0.4, 0.5) is 0 Å². The summed E-state index contributed by atoms with van der Waals surface area (Å²) in [5, 5.41) is 0. The zero-order valence-electron chi connectivity index (χ0n) is 13.4. The highest BCUT2D eigenvalue weighted by molar-refractivity contribution is 5.78. The number of carbonyl (C=O) groups excluding carboxylic acids is 1. The first-order valence-electron chi connectivity index (χ1n) is 8.41. The lowest BCUT2D eigenvalue weighted by molar-refractivity contribution is -0.133. The van der Waals surface area contributed by atoms with Gasteiger partial charge in [0, 0.05) is 19.6 Å². The molecule has 4 nitrogen and oxygen atoms in total. The second kappa shape index (κ2) is 10.2. The summed E-state index contributed by atoms with van der Waals surface area (Å²) in [4.78, 5) is 16.8. The van der Waals surface area contributed by atoms with E-state index in [0.717, 1.165) is 58.4 Å². The van der Waals surface area contributed by atoms with Crippen molar-refractivity contribution in [2.45, 2.75) is 52.4 Å². The maximum Gasteiger partial charge on any atom is 0.236 e. The smallest absolute Gasteiger partial charge is 0.236 e. The van der Waals surface area contributed by atoms with Gasteiger partial charge in [-0.15, -0.1) is 0 Å². The quantitative estimate of drug-likeness (QED) is 0.705. The molecular formula is C16H33N3O. The predicted molar refractivity (Wildman–Crippen MR) is 84.6 cm³/mol. The molecule has 0 aliphatic carbocycles. The van der Waals surface area contributed by atoms with Crippen LogP contribution in [0.5, 0.6) is 0 Å². The van der Waals surface area contributed by atoms with Crippen LogP contribution < -0.4 is 5.73 Å². The van der Waals surface area contributed by atoms with Crippen molar-refractivity contribution in [1.82, 2.24) is 9.80 Å². The SMILES string of the molecule is CCCCN(CCCC)C(=O)CN1CCCC(CN)C1. The first-order chi connectivity index (χ1) is 9.71. The highest BCUT2D eigenvalue weighted by Crippen LogP contribution is 2.15. The molecule has 0 radical (unpaired) electrons. The summed E-state index contributed by atoms with van der Waals surface area (Å²) in [5.41, 5.74) is 5.77. The number of nitrogens with zero attached hydrogens (tertiary/aromatic N) is 2. The van der Waals surface area contributed by atoms with E-state index in [0.29, 0.717) is 18.4 Å². The second-order valence-corrected chi connectivity index (χ2v) is 6.07. The molecule has 1 atom stereocenters. The largest absolute Gasteiger partial charge is 0.342 e. The number of likely N-dealkylation sites (tertiary alicyclic amines) is 1. The van der Waals surface area contributed by atoms with E-state index in [1.807, 2.05) is 0 Å². The first kappa shape index (κ1) is 17.4. The van der Waals surface area contributed by atoms with Crippen LogP contribution in [0.2, 0.25) is 0 Å². The van der Waals surface area contributed by atoms with Crippen molar-refractivity contribution < 1.29 is 4.79 Å². The van der Waals surface area contributed by atoms with Crippen molar-refractivity contribution >= 4 is 5.91 Å². The van der Waals surface area contributed by atoms with Gasteiger partial charge in [-0.1, -0.05) is 26.7 Å². The molecule has 1 unspecified atom stereocenters. The molecule has 0 saturated carbocycles. The molecule has 20 heavy (non-hydrogen) atoms. The Balaban J connectivity index is 2.42. The standard InChI is InChI=1S/C16H33N3O/c1-3-5-10-19(11-6-4-2)16(20)14-18-9-7-8-15(12-17)13-18/h15H,3-14,17H2,1-2H3. The molecule has 0 bridgehead atoms. The highest BCUT2D eigenvalue weighted by atomic mass is 16.2. The van der Waals surface area contributed by atoms with Crippen LogP contribution in [0, 0.1) is 5.92 Å². The number of carbonyl (C=O) groups is 1. The zero-order chi connectivity index (χ0) is 14.8. The summed E-state index contributed by atoms with van der Waals surface area (Å²) in [6.07, 6.45) is 6.92. The molecule has 1 amide bonds. The van der Waals surface area contributed by atoms with Gasteiger partial charge in [0.25, 0.3) is 0 Å². The minimum Gasteiger partial charge on any atom is -0.342 e. The van der Waals surface area contributed by atoms with E-state index >= 15 is 0 Å². The molecule has 1 saturated heterocycles. The molecule has 4 heteroatoms. The predicted octanol–water partition coefficient (Wildman–Crippen LogP) is 2.09. The normalized spacial score (nSPS) is 20.1. The molecule has 1 fully saturated rings. The molecule has 1 rings (SSSR count). The lowest BCUT2D eigenvalue weighted by Crippen LogP contribution is -2.45.